The van der Waals surface area contributed by atoms with Gasteiger partial charge in [0.05, 0.1) is 11.1 Å². The molecule has 0 radical (unpaired) electrons. The summed E-state index contributed by atoms with van der Waals surface area (Å²) in [6.45, 7) is 7.13. The van der Waals surface area contributed by atoms with Crippen molar-refractivity contribution in [2.75, 3.05) is 31.6 Å². The molecule has 2 rings (SSSR count). The van der Waals surface area contributed by atoms with Crippen molar-refractivity contribution in [3.8, 4) is 5.75 Å². The van der Waals surface area contributed by atoms with E-state index in [4.69, 9.17) is 4.74 Å². The number of carbonyl (C=O) groups excluding carboxylic acids is 1. The third kappa shape index (κ3) is 5.99. The van der Waals surface area contributed by atoms with Crippen molar-refractivity contribution in [1.82, 2.24) is 4.90 Å². The van der Waals surface area contributed by atoms with Crippen LogP contribution in [0.25, 0.3) is 0 Å². The van der Waals surface area contributed by atoms with Crippen molar-refractivity contribution in [3.05, 3.63) is 59.7 Å². The molecule has 0 saturated carbocycles. The smallest absolute Gasteiger partial charge is 0.416 e. The van der Waals surface area contributed by atoms with E-state index in [0.717, 1.165) is 31.8 Å². The Bertz CT molecular complexity index is 742. The maximum atomic E-state index is 12.6. The molecule has 0 bridgehead atoms. The molecule has 0 saturated heterocycles. The molecule has 2 aromatic rings. The van der Waals surface area contributed by atoms with Gasteiger partial charge < -0.3 is 15.0 Å². The van der Waals surface area contributed by atoms with E-state index in [1.165, 1.54) is 12.1 Å². The van der Waals surface area contributed by atoms with Crippen molar-refractivity contribution in [1.29, 1.82) is 0 Å². The summed E-state index contributed by atoms with van der Waals surface area (Å²) in [4.78, 5) is 14.7. The first-order chi connectivity index (χ1) is 12.8. The summed E-state index contributed by atoms with van der Waals surface area (Å²) in [7, 11) is 0. The van der Waals surface area contributed by atoms with Gasteiger partial charge in [0.15, 0.2) is 0 Å². The van der Waals surface area contributed by atoms with Crippen molar-refractivity contribution in [2.24, 2.45) is 0 Å². The van der Waals surface area contributed by atoms with E-state index >= 15 is 0 Å². The molecule has 1 amide bonds. The number of hydrogen-bond acceptors (Lipinski definition) is 3. The molecule has 0 aliphatic heterocycles. The van der Waals surface area contributed by atoms with Gasteiger partial charge in [-0.3, -0.25) is 4.79 Å². The zero-order chi connectivity index (χ0) is 19.9. The number of rotatable bonds is 8. The van der Waals surface area contributed by atoms with Crippen LogP contribution in [0.3, 0.4) is 0 Å². The van der Waals surface area contributed by atoms with Gasteiger partial charge in [0, 0.05) is 12.2 Å². The zero-order valence-electron chi connectivity index (χ0n) is 15.3. The molecule has 0 aliphatic rings. The summed E-state index contributed by atoms with van der Waals surface area (Å²) in [5, 5.41) is 2.60. The van der Waals surface area contributed by atoms with Gasteiger partial charge in [0.1, 0.15) is 12.4 Å². The summed E-state index contributed by atoms with van der Waals surface area (Å²) in [5.41, 5.74) is -0.150. The minimum atomic E-state index is -4.41. The van der Waals surface area contributed by atoms with E-state index in [2.05, 4.69) is 24.1 Å². The van der Waals surface area contributed by atoms with Crippen LogP contribution >= 0.6 is 0 Å². The lowest BCUT2D eigenvalue weighted by atomic mass is 10.1. The highest BCUT2D eigenvalue weighted by atomic mass is 19.4. The Labute approximate surface area is 156 Å². The van der Waals surface area contributed by atoms with E-state index in [9.17, 15) is 18.0 Å². The molecular weight excluding hydrogens is 357 g/mol. The number of amides is 1. The van der Waals surface area contributed by atoms with Crippen LogP contribution in [0.15, 0.2) is 48.5 Å². The molecule has 2 aromatic carbocycles. The summed E-state index contributed by atoms with van der Waals surface area (Å²) in [6, 6.07) is 11.1. The van der Waals surface area contributed by atoms with Crippen LogP contribution in [0.4, 0.5) is 18.9 Å². The molecule has 146 valence electrons. The first-order valence-electron chi connectivity index (χ1n) is 8.78. The molecule has 0 atom stereocenters. The highest BCUT2D eigenvalue weighted by Crippen LogP contribution is 2.30. The van der Waals surface area contributed by atoms with E-state index < -0.39 is 17.6 Å². The van der Waals surface area contributed by atoms with Gasteiger partial charge in [0.2, 0.25) is 0 Å². The number of anilines is 1. The second-order valence-electron chi connectivity index (χ2n) is 5.90. The third-order valence-electron chi connectivity index (χ3n) is 4.16. The molecule has 0 unspecified atom stereocenters. The predicted molar refractivity (Wildman–Crippen MR) is 99.1 cm³/mol. The van der Waals surface area contributed by atoms with Crippen molar-refractivity contribution >= 4 is 11.6 Å². The maximum absolute atomic E-state index is 12.6. The Morgan fingerprint density at radius 2 is 1.67 bits per heavy atom. The first-order valence-corrected chi connectivity index (χ1v) is 8.78. The molecule has 1 N–H and O–H groups in total. The monoisotopic (exact) mass is 380 g/mol. The van der Waals surface area contributed by atoms with E-state index in [1.54, 1.807) is 24.3 Å². The molecule has 0 fully saturated rings. The number of likely N-dealkylation sites (N-methyl/N-ethyl adjacent to an activating group) is 1. The fraction of sp³-hybridized carbons (Fsp3) is 0.350. The van der Waals surface area contributed by atoms with Crippen LogP contribution < -0.4 is 10.1 Å². The molecule has 4 nitrogen and oxygen atoms in total. The number of hydrogen-bond donors (Lipinski definition) is 1. The lowest BCUT2D eigenvalue weighted by molar-refractivity contribution is -0.137. The molecular formula is C20H23F3N2O2. The van der Waals surface area contributed by atoms with Gasteiger partial charge in [-0.2, -0.15) is 13.2 Å². The summed E-state index contributed by atoms with van der Waals surface area (Å²) in [5.74, 6) is 0.00210. The summed E-state index contributed by atoms with van der Waals surface area (Å²) < 4.78 is 43.6. The van der Waals surface area contributed by atoms with E-state index in [0.29, 0.717) is 17.9 Å². The van der Waals surface area contributed by atoms with Crippen LogP contribution in [0, 0.1) is 0 Å². The highest BCUT2D eigenvalue weighted by Gasteiger charge is 2.30. The zero-order valence-corrected chi connectivity index (χ0v) is 15.3. The van der Waals surface area contributed by atoms with Crippen molar-refractivity contribution in [3.63, 3.8) is 0 Å². The lowest BCUT2D eigenvalue weighted by Gasteiger charge is -2.18. The fourth-order valence-corrected chi connectivity index (χ4v) is 2.55. The average molecular weight is 380 g/mol. The fourth-order valence-electron chi connectivity index (χ4n) is 2.55. The van der Waals surface area contributed by atoms with Gasteiger partial charge in [-0.15, -0.1) is 0 Å². The number of nitrogens with one attached hydrogen (secondary N) is 1. The van der Waals surface area contributed by atoms with E-state index in [-0.39, 0.29) is 5.69 Å². The largest absolute Gasteiger partial charge is 0.491 e. The number of nitrogens with zero attached hydrogens (tertiary/aromatic N) is 1. The topological polar surface area (TPSA) is 41.6 Å². The van der Waals surface area contributed by atoms with Gasteiger partial charge in [-0.25, -0.2) is 0 Å². The van der Waals surface area contributed by atoms with Crippen LogP contribution in [0.5, 0.6) is 5.75 Å². The molecule has 0 heterocycles. The number of halogens is 3. The Balaban J connectivity index is 2.04. The predicted octanol–water partition coefficient (Wildman–Crippen LogP) is 4.68. The minimum absolute atomic E-state index is 0.283. The Hall–Kier alpha value is -2.54. The van der Waals surface area contributed by atoms with Gasteiger partial charge in [-0.1, -0.05) is 26.0 Å². The third-order valence-corrected chi connectivity index (χ3v) is 4.16. The number of carbonyl (C=O) groups is 1. The standard InChI is InChI=1S/C20H23F3N2O2/c1-3-25(4-2)13-14-27-18-8-6-5-7-17(18)19(26)24-16-11-9-15(10-12-16)20(21,22)23/h5-12H,3-4,13-14H2,1-2H3,(H,24,26). The molecule has 0 aliphatic carbocycles. The molecule has 27 heavy (non-hydrogen) atoms. The van der Waals surface area contributed by atoms with Gasteiger partial charge in [0.25, 0.3) is 5.91 Å². The van der Waals surface area contributed by atoms with Crippen LogP contribution in [-0.4, -0.2) is 37.0 Å². The number of benzene rings is 2. The number of alkyl halides is 3. The Morgan fingerprint density at radius 3 is 2.26 bits per heavy atom. The Kier molecular flexibility index (Phi) is 7.24. The average Bonchev–Trinajstić information content (AvgIpc) is 2.65. The Morgan fingerprint density at radius 1 is 1.04 bits per heavy atom. The maximum Gasteiger partial charge on any atom is 0.416 e. The molecule has 0 aromatic heterocycles. The van der Waals surface area contributed by atoms with Crippen LogP contribution in [-0.2, 0) is 6.18 Å². The molecule has 0 spiro atoms. The summed E-state index contributed by atoms with van der Waals surface area (Å²) in [6.07, 6.45) is -4.41. The summed E-state index contributed by atoms with van der Waals surface area (Å²) >= 11 is 0. The normalized spacial score (nSPS) is 11.5. The van der Waals surface area contributed by atoms with Gasteiger partial charge >= 0.3 is 6.18 Å². The number of para-hydroxylation sites is 1. The SMILES string of the molecule is CCN(CC)CCOc1ccccc1C(=O)Nc1ccc(C(F)(F)F)cc1. The lowest BCUT2D eigenvalue weighted by Crippen LogP contribution is -2.28. The minimum Gasteiger partial charge on any atom is -0.491 e. The highest BCUT2D eigenvalue weighted by molar-refractivity contribution is 6.06. The van der Waals surface area contributed by atoms with Crippen LogP contribution in [0.1, 0.15) is 29.8 Å². The van der Waals surface area contributed by atoms with E-state index in [1.807, 2.05) is 0 Å². The second kappa shape index (κ2) is 9.41. The van der Waals surface area contributed by atoms with Crippen molar-refractivity contribution < 1.29 is 22.7 Å². The second-order valence-corrected chi connectivity index (χ2v) is 5.90. The molecule has 7 heteroatoms. The number of ether oxygens (including phenoxy) is 1. The van der Waals surface area contributed by atoms with Crippen LogP contribution in [0.2, 0.25) is 0 Å². The first kappa shape index (κ1) is 20.8. The quantitative estimate of drug-likeness (QED) is 0.723. The van der Waals surface area contributed by atoms with Crippen molar-refractivity contribution in [2.45, 2.75) is 20.0 Å². The van der Waals surface area contributed by atoms with Gasteiger partial charge in [-0.05, 0) is 49.5 Å².